The maximum atomic E-state index is 13.3. The summed E-state index contributed by atoms with van der Waals surface area (Å²) in [6.07, 6.45) is -4.59. The summed E-state index contributed by atoms with van der Waals surface area (Å²) in [5.41, 5.74) is -0.0441. The minimum Gasteiger partial charge on any atom is -0.497 e. The highest BCUT2D eigenvalue weighted by Crippen LogP contribution is 2.34. The Morgan fingerprint density at radius 2 is 1.96 bits per heavy atom. The molecule has 2 heterocycles. The standard InChI is InChI=1S/C15H11ClF3N3O/c1-8-13(16)14-20-11(9-4-3-5-10(6-9)23-2)7-12(15(17,18)19)22(14)21-8/h3-7H,1-2H3. The fraction of sp³-hybridized carbons (Fsp3) is 0.200. The second-order valence-electron chi connectivity index (χ2n) is 4.89. The lowest BCUT2D eigenvalue weighted by atomic mass is 10.1. The zero-order valence-electron chi connectivity index (χ0n) is 12.1. The fourth-order valence-electron chi connectivity index (χ4n) is 2.23. The minimum atomic E-state index is -4.59. The van der Waals surface area contributed by atoms with Gasteiger partial charge >= 0.3 is 6.18 Å². The lowest BCUT2D eigenvalue weighted by molar-refractivity contribution is -0.142. The van der Waals surface area contributed by atoms with Gasteiger partial charge in [0.05, 0.1) is 18.5 Å². The number of ether oxygens (including phenoxy) is 1. The summed E-state index contributed by atoms with van der Waals surface area (Å²) in [7, 11) is 1.48. The first kappa shape index (κ1) is 15.6. The predicted molar refractivity (Wildman–Crippen MR) is 79.7 cm³/mol. The molecule has 3 aromatic rings. The summed E-state index contributed by atoms with van der Waals surface area (Å²) < 4.78 is 45.8. The number of benzene rings is 1. The van der Waals surface area contributed by atoms with Crippen molar-refractivity contribution in [2.45, 2.75) is 13.1 Å². The first-order valence-electron chi connectivity index (χ1n) is 6.59. The largest absolute Gasteiger partial charge is 0.497 e. The van der Waals surface area contributed by atoms with E-state index in [1.54, 1.807) is 24.3 Å². The van der Waals surface area contributed by atoms with Gasteiger partial charge in [-0.15, -0.1) is 0 Å². The van der Waals surface area contributed by atoms with E-state index in [1.165, 1.54) is 14.0 Å². The highest BCUT2D eigenvalue weighted by atomic mass is 35.5. The van der Waals surface area contributed by atoms with Crippen LogP contribution in [-0.4, -0.2) is 21.7 Å². The summed E-state index contributed by atoms with van der Waals surface area (Å²) in [6, 6.07) is 7.58. The molecule has 0 spiro atoms. The van der Waals surface area contributed by atoms with Gasteiger partial charge in [0.2, 0.25) is 0 Å². The average molecular weight is 342 g/mol. The molecule has 120 valence electrons. The van der Waals surface area contributed by atoms with Crippen molar-refractivity contribution in [1.82, 2.24) is 14.6 Å². The van der Waals surface area contributed by atoms with Gasteiger partial charge in [0.25, 0.3) is 0 Å². The molecule has 0 saturated carbocycles. The molecule has 2 aromatic heterocycles. The van der Waals surface area contributed by atoms with E-state index in [0.29, 0.717) is 11.3 Å². The number of alkyl halides is 3. The van der Waals surface area contributed by atoms with Gasteiger partial charge in [0.1, 0.15) is 10.8 Å². The highest BCUT2D eigenvalue weighted by molar-refractivity contribution is 6.34. The Morgan fingerprint density at radius 1 is 1.22 bits per heavy atom. The number of rotatable bonds is 2. The van der Waals surface area contributed by atoms with E-state index < -0.39 is 11.9 Å². The van der Waals surface area contributed by atoms with Crippen molar-refractivity contribution in [1.29, 1.82) is 0 Å². The number of nitrogens with zero attached hydrogens (tertiary/aromatic N) is 3. The molecule has 0 bridgehead atoms. The van der Waals surface area contributed by atoms with Crippen molar-refractivity contribution in [2.75, 3.05) is 7.11 Å². The molecule has 0 radical (unpaired) electrons. The van der Waals surface area contributed by atoms with Crippen LogP contribution in [0, 0.1) is 6.92 Å². The first-order valence-corrected chi connectivity index (χ1v) is 6.96. The van der Waals surface area contributed by atoms with E-state index in [9.17, 15) is 13.2 Å². The molecule has 0 amide bonds. The molecule has 0 aliphatic rings. The van der Waals surface area contributed by atoms with Gasteiger partial charge in [0, 0.05) is 5.56 Å². The second kappa shape index (κ2) is 5.42. The van der Waals surface area contributed by atoms with E-state index in [1.807, 2.05) is 0 Å². The number of hydrogen-bond acceptors (Lipinski definition) is 3. The predicted octanol–water partition coefficient (Wildman–Crippen LogP) is 4.39. The van der Waals surface area contributed by atoms with Crippen molar-refractivity contribution in [3.63, 3.8) is 0 Å². The first-order chi connectivity index (χ1) is 10.8. The lowest BCUT2D eigenvalue weighted by Gasteiger charge is -2.11. The molecule has 4 nitrogen and oxygen atoms in total. The van der Waals surface area contributed by atoms with Crippen molar-refractivity contribution in [2.24, 2.45) is 0 Å². The van der Waals surface area contributed by atoms with Crippen LogP contribution in [-0.2, 0) is 6.18 Å². The van der Waals surface area contributed by atoms with Crippen molar-refractivity contribution in [3.8, 4) is 17.0 Å². The van der Waals surface area contributed by atoms with Crippen LogP contribution in [0.4, 0.5) is 13.2 Å². The zero-order valence-corrected chi connectivity index (χ0v) is 12.9. The van der Waals surface area contributed by atoms with Crippen LogP contribution < -0.4 is 4.74 Å². The number of fused-ring (bicyclic) bond motifs is 1. The number of methoxy groups -OCH3 is 1. The molecular weight excluding hydrogens is 331 g/mol. The lowest BCUT2D eigenvalue weighted by Crippen LogP contribution is -2.13. The smallest absolute Gasteiger partial charge is 0.433 e. The van der Waals surface area contributed by atoms with Crippen LogP contribution in [0.15, 0.2) is 30.3 Å². The van der Waals surface area contributed by atoms with E-state index in [4.69, 9.17) is 16.3 Å². The topological polar surface area (TPSA) is 39.4 Å². The molecule has 0 saturated heterocycles. The van der Waals surface area contributed by atoms with Gasteiger partial charge in [-0.3, -0.25) is 0 Å². The van der Waals surface area contributed by atoms with Crippen LogP contribution in [0.5, 0.6) is 5.75 Å². The molecule has 0 N–H and O–H groups in total. The summed E-state index contributed by atoms with van der Waals surface area (Å²) in [5.74, 6) is 0.522. The second-order valence-corrected chi connectivity index (χ2v) is 5.27. The van der Waals surface area contributed by atoms with Crippen LogP contribution in [0.1, 0.15) is 11.4 Å². The summed E-state index contributed by atoms with van der Waals surface area (Å²) in [5, 5.41) is 3.92. The van der Waals surface area contributed by atoms with E-state index in [-0.39, 0.29) is 22.1 Å². The molecule has 23 heavy (non-hydrogen) atoms. The van der Waals surface area contributed by atoms with E-state index in [2.05, 4.69) is 10.1 Å². The molecule has 8 heteroatoms. The quantitative estimate of drug-likeness (QED) is 0.694. The van der Waals surface area contributed by atoms with Crippen molar-refractivity contribution < 1.29 is 17.9 Å². The average Bonchev–Trinajstić information content (AvgIpc) is 2.80. The fourth-order valence-corrected chi connectivity index (χ4v) is 2.39. The third kappa shape index (κ3) is 2.72. The van der Waals surface area contributed by atoms with E-state index >= 15 is 0 Å². The van der Waals surface area contributed by atoms with Crippen LogP contribution in [0.25, 0.3) is 16.9 Å². The third-order valence-electron chi connectivity index (χ3n) is 3.35. The molecular formula is C15H11ClF3N3O. The molecule has 0 aliphatic carbocycles. The SMILES string of the molecule is COc1cccc(-c2cc(C(F)(F)F)n3nc(C)c(Cl)c3n2)c1. The van der Waals surface area contributed by atoms with Gasteiger partial charge in [-0.2, -0.15) is 18.3 Å². The van der Waals surface area contributed by atoms with Crippen molar-refractivity contribution >= 4 is 17.2 Å². The third-order valence-corrected chi connectivity index (χ3v) is 3.79. The summed E-state index contributed by atoms with van der Waals surface area (Å²) in [6.45, 7) is 1.53. The number of aromatic nitrogens is 3. The van der Waals surface area contributed by atoms with Crippen LogP contribution >= 0.6 is 11.6 Å². The van der Waals surface area contributed by atoms with Gasteiger partial charge in [0.15, 0.2) is 11.3 Å². The minimum absolute atomic E-state index is 0.0307. The molecule has 0 unspecified atom stereocenters. The van der Waals surface area contributed by atoms with Crippen molar-refractivity contribution in [3.05, 3.63) is 46.7 Å². The molecule has 3 rings (SSSR count). The Balaban J connectivity index is 2.32. The number of halogens is 4. The van der Waals surface area contributed by atoms with Crippen LogP contribution in [0.2, 0.25) is 5.02 Å². The molecule has 0 fully saturated rings. The Hall–Kier alpha value is -2.28. The Morgan fingerprint density at radius 3 is 2.61 bits per heavy atom. The Labute approximate surface area is 134 Å². The normalized spacial score (nSPS) is 11.9. The molecule has 1 aromatic carbocycles. The van der Waals surface area contributed by atoms with Gasteiger partial charge in [-0.1, -0.05) is 23.7 Å². The van der Waals surface area contributed by atoms with Gasteiger partial charge in [-0.05, 0) is 25.1 Å². The Bertz CT molecular complexity index is 890. The molecule has 0 aliphatic heterocycles. The van der Waals surface area contributed by atoms with E-state index in [0.717, 1.165) is 10.6 Å². The highest BCUT2D eigenvalue weighted by Gasteiger charge is 2.36. The Kier molecular flexibility index (Phi) is 3.68. The molecule has 0 atom stereocenters. The summed E-state index contributed by atoms with van der Waals surface area (Å²) >= 11 is 6.04. The number of aryl methyl sites for hydroxylation is 1. The monoisotopic (exact) mass is 341 g/mol. The maximum absolute atomic E-state index is 13.3. The number of hydrogen-bond donors (Lipinski definition) is 0. The maximum Gasteiger partial charge on any atom is 0.433 e. The summed E-state index contributed by atoms with van der Waals surface area (Å²) in [4.78, 5) is 4.23. The van der Waals surface area contributed by atoms with Crippen LogP contribution in [0.3, 0.4) is 0 Å². The van der Waals surface area contributed by atoms with Gasteiger partial charge in [-0.25, -0.2) is 9.50 Å². The zero-order chi connectivity index (χ0) is 16.8. The van der Waals surface area contributed by atoms with Gasteiger partial charge < -0.3 is 4.74 Å².